The van der Waals surface area contributed by atoms with Gasteiger partial charge in [0.05, 0.1) is 12.2 Å². The number of hydrogen-bond donors (Lipinski definition) is 3. The Morgan fingerprint density at radius 1 is 0.935 bits per heavy atom. The molecule has 0 radical (unpaired) electrons. The van der Waals surface area contributed by atoms with Gasteiger partial charge in [0.25, 0.3) is 5.91 Å². The summed E-state index contributed by atoms with van der Waals surface area (Å²) >= 11 is 0. The van der Waals surface area contributed by atoms with Crippen LogP contribution in [0, 0.1) is 0 Å². The van der Waals surface area contributed by atoms with Gasteiger partial charge in [0.15, 0.2) is 11.6 Å². The van der Waals surface area contributed by atoms with E-state index in [0.29, 0.717) is 29.9 Å². The zero-order chi connectivity index (χ0) is 32.6. The number of aliphatic hydroxyl groups is 1. The number of carbonyl (C=O) groups excluding carboxylic acids is 1. The third-order valence-electron chi connectivity index (χ3n) is 7.58. The lowest BCUT2D eigenvalue weighted by molar-refractivity contribution is -0.137. The van der Waals surface area contributed by atoms with Crippen LogP contribution < -0.4 is 15.6 Å². The van der Waals surface area contributed by atoms with E-state index in [0.717, 1.165) is 28.8 Å². The van der Waals surface area contributed by atoms with Crippen LogP contribution in [-0.2, 0) is 22.3 Å². The molecule has 7 nitrogen and oxygen atoms in total. The Balaban J connectivity index is 1.41. The summed E-state index contributed by atoms with van der Waals surface area (Å²) in [6, 6.07) is 29.4. The molecule has 5 rings (SSSR count). The van der Waals surface area contributed by atoms with Crippen molar-refractivity contribution < 1.29 is 32.5 Å². The maximum Gasteiger partial charge on any atom is 0.416 e. The molecule has 10 heteroatoms. The smallest absolute Gasteiger partial charge is 0.416 e. The summed E-state index contributed by atoms with van der Waals surface area (Å²) in [7, 11) is 0. The number of benzene rings is 4. The van der Waals surface area contributed by atoms with Crippen molar-refractivity contribution in [3.8, 4) is 16.9 Å². The molecule has 1 heterocycles. The van der Waals surface area contributed by atoms with Crippen LogP contribution in [-0.4, -0.2) is 35.7 Å². The fourth-order valence-electron chi connectivity index (χ4n) is 5.16. The van der Waals surface area contributed by atoms with Crippen LogP contribution in [0.25, 0.3) is 11.1 Å². The molecule has 4 aromatic carbocycles. The van der Waals surface area contributed by atoms with Gasteiger partial charge in [0.1, 0.15) is 5.75 Å². The maximum atomic E-state index is 14.0. The Hall–Kier alpha value is -4.93. The summed E-state index contributed by atoms with van der Waals surface area (Å²) in [4.78, 5) is 18.8. The summed E-state index contributed by atoms with van der Waals surface area (Å²) in [6.45, 7) is 4.37. The molecule has 1 aliphatic heterocycles. The molecule has 0 saturated heterocycles. The van der Waals surface area contributed by atoms with Gasteiger partial charge in [-0.25, -0.2) is 10.4 Å². The SMILES string of the molecule is C=CC[C@]1(C(=O)NNCc2ccc(C(F)(F)F)cc2)N=C(c2ccc(OCCCO)cc2)O[C@H]1c1ccc(-c2ccccc2)cc1. The molecule has 0 unspecified atom stereocenters. The first-order valence-corrected chi connectivity index (χ1v) is 14.8. The zero-order valence-corrected chi connectivity index (χ0v) is 25.0. The number of rotatable bonds is 13. The minimum atomic E-state index is -4.43. The highest BCUT2D eigenvalue weighted by Crippen LogP contribution is 2.43. The summed E-state index contributed by atoms with van der Waals surface area (Å²) in [5.74, 6) is 0.389. The fraction of sp³-hybridized carbons (Fsp3) is 0.222. The predicted octanol–water partition coefficient (Wildman–Crippen LogP) is 6.79. The highest BCUT2D eigenvalue weighted by atomic mass is 19.4. The van der Waals surface area contributed by atoms with Crippen LogP contribution in [0.2, 0.25) is 0 Å². The molecule has 0 aliphatic carbocycles. The zero-order valence-electron chi connectivity index (χ0n) is 25.0. The van der Waals surface area contributed by atoms with Crippen molar-refractivity contribution in [3.63, 3.8) is 0 Å². The van der Waals surface area contributed by atoms with Crippen molar-refractivity contribution in [1.82, 2.24) is 10.9 Å². The van der Waals surface area contributed by atoms with Crippen LogP contribution in [0.4, 0.5) is 13.2 Å². The molecule has 4 aromatic rings. The number of aliphatic imine (C=N–C) groups is 1. The molecule has 3 N–H and O–H groups in total. The average molecular weight is 630 g/mol. The van der Waals surface area contributed by atoms with Crippen LogP contribution in [0.5, 0.6) is 5.75 Å². The van der Waals surface area contributed by atoms with Gasteiger partial charge in [-0.3, -0.25) is 10.2 Å². The first kappa shape index (κ1) is 32.5. The summed E-state index contributed by atoms with van der Waals surface area (Å²) < 4.78 is 51.0. The number of hydrazine groups is 1. The molecule has 46 heavy (non-hydrogen) atoms. The number of nitrogens with zero attached hydrogens (tertiary/aromatic N) is 1. The predicted molar refractivity (Wildman–Crippen MR) is 170 cm³/mol. The number of hydrogen-bond acceptors (Lipinski definition) is 6. The molecule has 0 fully saturated rings. The molecule has 0 spiro atoms. The number of carbonyl (C=O) groups is 1. The van der Waals surface area contributed by atoms with Gasteiger partial charge < -0.3 is 14.6 Å². The van der Waals surface area contributed by atoms with Crippen molar-refractivity contribution in [2.24, 2.45) is 4.99 Å². The molecule has 0 bridgehead atoms. The Morgan fingerprint density at radius 3 is 2.22 bits per heavy atom. The second kappa shape index (κ2) is 14.4. The average Bonchev–Trinajstić information content (AvgIpc) is 3.46. The quantitative estimate of drug-likeness (QED) is 0.0861. The molecule has 1 amide bonds. The van der Waals surface area contributed by atoms with E-state index in [1.165, 1.54) is 12.1 Å². The van der Waals surface area contributed by atoms with Gasteiger partial charge in [-0.2, -0.15) is 13.2 Å². The van der Waals surface area contributed by atoms with Crippen LogP contribution >= 0.6 is 0 Å². The van der Waals surface area contributed by atoms with Crippen molar-refractivity contribution in [3.05, 3.63) is 138 Å². The maximum absolute atomic E-state index is 14.0. The Bertz CT molecular complexity index is 1640. The van der Waals surface area contributed by atoms with Gasteiger partial charge in [-0.15, -0.1) is 6.58 Å². The van der Waals surface area contributed by atoms with Gasteiger partial charge in [0, 0.05) is 31.6 Å². The normalized spacial score (nSPS) is 17.6. The molecule has 1 aliphatic rings. The lowest BCUT2D eigenvalue weighted by atomic mass is 9.84. The molecular weight excluding hydrogens is 595 g/mol. The van der Waals surface area contributed by atoms with Gasteiger partial charge in [-0.1, -0.05) is 72.8 Å². The van der Waals surface area contributed by atoms with Crippen molar-refractivity contribution in [2.45, 2.75) is 37.2 Å². The van der Waals surface area contributed by atoms with Crippen molar-refractivity contribution in [2.75, 3.05) is 13.2 Å². The second-order valence-electron chi connectivity index (χ2n) is 10.8. The highest BCUT2D eigenvalue weighted by molar-refractivity contribution is 6.01. The topological polar surface area (TPSA) is 92.2 Å². The van der Waals surface area contributed by atoms with E-state index >= 15 is 0 Å². The largest absolute Gasteiger partial charge is 0.494 e. The molecule has 238 valence electrons. The minimum absolute atomic E-state index is 0.0308. The molecule has 0 aromatic heterocycles. The van der Waals surface area contributed by atoms with E-state index in [1.54, 1.807) is 30.3 Å². The van der Waals surface area contributed by atoms with Crippen molar-refractivity contribution >= 4 is 11.8 Å². The van der Waals surface area contributed by atoms with Crippen molar-refractivity contribution in [1.29, 1.82) is 0 Å². The third kappa shape index (κ3) is 7.47. The fourth-order valence-corrected chi connectivity index (χ4v) is 5.16. The Kier molecular flexibility index (Phi) is 10.2. The number of halogens is 3. The van der Waals surface area contributed by atoms with Gasteiger partial charge in [0.2, 0.25) is 5.90 Å². The van der Waals surface area contributed by atoms with Gasteiger partial charge >= 0.3 is 6.18 Å². The lowest BCUT2D eigenvalue weighted by Gasteiger charge is -2.29. The number of ether oxygens (including phenoxy) is 2. The number of alkyl halides is 3. The summed E-state index contributed by atoms with van der Waals surface area (Å²) in [5.41, 5.74) is 7.29. The molecule has 2 atom stereocenters. The van der Waals surface area contributed by atoms with E-state index in [2.05, 4.69) is 17.4 Å². The monoisotopic (exact) mass is 629 g/mol. The molecular formula is C36H34F3N3O4. The highest BCUT2D eigenvalue weighted by Gasteiger charge is 2.52. The minimum Gasteiger partial charge on any atom is -0.494 e. The summed E-state index contributed by atoms with van der Waals surface area (Å²) in [6.07, 6.45) is -3.00. The number of amides is 1. The molecule has 0 saturated carbocycles. The van der Waals surface area contributed by atoms with Crippen LogP contribution in [0.15, 0.2) is 121 Å². The Labute approximate surface area is 265 Å². The van der Waals surface area contributed by atoms with E-state index < -0.39 is 29.3 Å². The Morgan fingerprint density at radius 2 is 1.59 bits per heavy atom. The number of aliphatic hydroxyl groups excluding tert-OH is 1. The van der Waals surface area contributed by atoms with E-state index in [-0.39, 0.29) is 25.5 Å². The van der Waals surface area contributed by atoms with E-state index in [4.69, 9.17) is 19.6 Å². The van der Waals surface area contributed by atoms with Gasteiger partial charge in [-0.05, 0) is 58.7 Å². The summed E-state index contributed by atoms with van der Waals surface area (Å²) in [5, 5.41) is 9.02. The lowest BCUT2D eigenvalue weighted by Crippen LogP contribution is -2.52. The van der Waals surface area contributed by atoms with Crippen LogP contribution in [0.1, 0.15) is 41.2 Å². The standard InChI is InChI=1S/C36H34F3N3O4/c1-2-21-35(34(44)42-40-24-25-9-17-30(18-10-25)36(37,38)39)32(28-13-11-27(12-14-28)26-7-4-3-5-8-26)46-33(41-35)29-15-19-31(20-16-29)45-23-6-22-43/h2-5,7-20,32,40,43H,1,6,21-24H2,(H,42,44)/t32-,35-/m0/s1. The van der Waals surface area contributed by atoms with E-state index in [1.807, 2.05) is 54.6 Å². The second-order valence-corrected chi connectivity index (χ2v) is 10.8. The van der Waals surface area contributed by atoms with E-state index in [9.17, 15) is 18.0 Å². The van der Waals surface area contributed by atoms with Crippen LogP contribution in [0.3, 0.4) is 0 Å². The number of nitrogens with one attached hydrogen (secondary N) is 2. The third-order valence-corrected chi connectivity index (χ3v) is 7.58. The first-order valence-electron chi connectivity index (χ1n) is 14.8. The first-order chi connectivity index (χ1) is 22.2.